The Labute approximate surface area is 106 Å². The number of nitrogens with zero attached hydrogens (tertiary/aromatic N) is 1. The smallest absolute Gasteiger partial charge is 0.169 e. The van der Waals surface area contributed by atoms with E-state index in [-0.39, 0.29) is 0 Å². The van der Waals surface area contributed by atoms with Crippen LogP contribution in [0.2, 0.25) is 0 Å². The molecule has 0 atom stereocenters. The largest absolute Gasteiger partial charge is 0.488 e. The van der Waals surface area contributed by atoms with Gasteiger partial charge in [-0.2, -0.15) is 0 Å². The first-order chi connectivity index (χ1) is 8.92. The predicted octanol–water partition coefficient (Wildman–Crippen LogP) is 3.06. The topological polar surface area (TPSA) is 34.2 Å². The van der Waals surface area contributed by atoms with Crippen LogP contribution in [0.15, 0.2) is 42.5 Å². The maximum Gasteiger partial charge on any atom is 0.169 e. The molecule has 1 aromatic heterocycles. The Kier molecular flexibility index (Phi) is 2.96. The molecule has 1 N–H and O–H groups in total. The second-order valence-corrected chi connectivity index (χ2v) is 4.10. The van der Waals surface area contributed by atoms with Crippen molar-refractivity contribution in [2.75, 3.05) is 18.5 Å². The fraction of sp³-hybridized carbons (Fsp3) is 0.133. The number of rotatable bonds is 2. The van der Waals surface area contributed by atoms with Crippen molar-refractivity contribution < 1.29 is 4.74 Å². The molecule has 0 radical (unpaired) electrons. The van der Waals surface area contributed by atoms with Gasteiger partial charge < -0.3 is 10.1 Å². The van der Waals surface area contributed by atoms with Crippen molar-refractivity contribution in [3.8, 4) is 5.75 Å². The number of hydrogen-bond acceptors (Lipinski definition) is 3. The summed E-state index contributed by atoms with van der Waals surface area (Å²) >= 11 is 0. The highest BCUT2D eigenvalue weighted by atomic mass is 16.5. The number of ether oxygens (including phenoxy) is 1. The fourth-order valence-electron chi connectivity index (χ4n) is 1.87. The molecule has 0 spiro atoms. The molecule has 0 bridgehead atoms. The summed E-state index contributed by atoms with van der Waals surface area (Å²) in [5, 5.41) is 3.23. The van der Waals surface area contributed by atoms with Crippen LogP contribution >= 0.6 is 0 Å². The Morgan fingerprint density at radius 1 is 1.06 bits per heavy atom. The van der Waals surface area contributed by atoms with E-state index in [0.29, 0.717) is 6.61 Å². The SMILES string of the molecule is C(=Cc1ccc2c(n1)NCCO2)c1ccccc1. The molecular formula is C15H14N2O. The van der Waals surface area contributed by atoms with Gasteiger partial charge in [0.1, 0.15) is 6.61 Å². The van der Waals surface area contributed by atoms with E-state index in [9.17, 15) is 0 Å². The number of pyridine rings is 1. The molecule has 3 heteroatoms. The number of hydrogen-bond donors (Lipinski definition) is 1. The minimum atomic E-state index is 0.702. The lowest BCUT2D eigenvalue weighted by molar-refractivity contribution is 0.321. The molecule has 18 heavy (non-hydrogen) atoms. The average molecular weight is 238 g/mol. The van der Waals surface area contributed by atoms with Gasteiger partial charge >= 0.3 is 0 Å². The molecule has 1 aromatic carbocycles. The van der Waals surface area contributed by atoms with E-state index in [2.05, 4.69) is 28.5 Å². The van der Waals surface area contributed by atoms with Gasteiger partial charge in [0.05, 0.1) is 12.2 Å². The second-order valence-electron chi connectivity index (χ2n) is 4.10. The predicted molar refractivity (Wildman–Crippen MR) is 73.6 cm³/mol. The maximum atomic E-state index is 5.49. The standard InChI is InChI=1S/C15H14N2O/c1-2-4-12(5-3-1)6-7-13-8-9-14-15(17-13)16-10-11-18-14/h1-9H,10-11H2,(H,16,17). The molecular weight excluding hydrogens is 224 g/mol. The summed E-state index contributed by atoms with van der Waals surface area (Å²) in [5.41, 5.74) is 2.09. The zero-order chi connectivity index (χ0) is 12.2. The van der Waals surface area contributed by atoms with Gasteiger partial charge in [-0.05, 0) is 23.8 Å². The van der Waals surface area contributed by atoms with Crippen molar-refractivity contribution in [1.82, 2.24) is 4.98 Å². The third-order valence-electron chi connectivity index (χ3n) is 2.78. The van der Waals surface area contributed by atoms with Crippen LogP contribution in [0, 0.1) is 0 Å². The van der Waals surface area contributed by atoms with E-state index < -0.39 is 0 Å². The van der Waals surface area contributed by atoms with Crippen LogP contribution in [0.5, 0.6) is 5.75 Å². The van der Waals surface area contributed by atoms with Crippen molar-refractivity contribution in [2.45, 2.75) is 0 Å². The highest BCUT2D eigenvalue weighted by molar-refractivity contribution is 5.69. The van der Waals surface area contributed by atoms with E-state index in [4.69, 9.17) is 4.74 Å². The Balaban J connectivity index is 1.83. The molecule has 0 fully saturated rings. The van der Waals surface area contributed by atoms with Crippen LogP contribution < -0.4 is 10.1 Å². The lowest BCUT2D eigenvalue weighted by Gasteiger charge is -2.17. The van der Waals surface area contributed by atoms with Crippen molar-refractivity contribution in [1.29, 1.82) is 0 Å². The first-order valence-electron chi connectivity index (χ1n) is 6.03. The second kappa shape index (κ2) is 4.92. The van der Waals surface area contributed by atoms with Gasteiger partial charge in [0.25, 0.3) is 0 Å². The summed E-state index contributed by atoms with van der Waals surface area (Å²) < 4.78 is 5.49. The van der Waals surface area contributed by atoms with Crippen LogP contribution in [0.4, 0.5) is 5.82 Å². The number of aromatic nitrogens is 1. The van der Waals surface area contributed by atoms with E-state index >= 15 is 0 Å². The summed E-state index contributed by atoms with van der Waals surface area (Å²) in [7, 11) is 0. The normalized spacial score (nSPS) is 13.8. The Morgan fingerprint density at radius 2 is 1.94 bits per heavy atom. The molecule has 0 unspecified atom stereocenters. The quantitative estimate of drug-likeness (QED) is 0.873. The summed E-state index contributed by atoms with van der Waals surface area (Å²) in [5.74, 6) is 1.66. The molecule has 0 saturated heterocycles. The van der Waals surface area contributed by atoms with Crippen LogP contribution in [-0.4, -0.2) is 18.1 Å². The summed E-state index contributed by atoms with van der Waals surface area (Å²) in [6.45, 7) is 1.51. The number of benzene rings is 1. The molecule has 3 nitrogen and oxygen atoms in total. The number of fused-ring (bicyclic) bond motifs is 1. The molecule has 90 valence electrons. The molecule has 1 aliphatic rings. The molecule has 2 aromatic rings. The van der Waals surface area contributed by atoms with Crippen molar-refractivity contribution >= 4 is 18.0 Å². The molecule has 1 aliphatic heterocycles. The van der Waals surface area contributed by atoms with Crippen LogP contribution in [-0.2, 0) is 0 Å². The van der Waals surface area contributed by atoms with Crippen molar-refractivity contribution in [3.05, 3.63) is 53.7 Å². The number of anilines is 1. The minimum absolute atomic E-state index is 0.702. The summed E-state index contributed by atoms with van der Waals surface area (Å²) in [6.07, 6.45) is 4.06. The zero-order valence-corrected chi connectivity index (χ0v) is 9.97. The average Bonchev–Trinajstić information content (AvgIpc) is 2.46. The van der Waals surface area contributed by atoms with Gasteiger partial charge in [-0.25, -0.2) is 4.98 Å². The highest BCUT2D eigenvalue weighted by Gasteiger charge is 2.10. The first kappa shape index (κ1) is 10.8. The van der Waals surface area contributed by atoms with Gasteiger partial charge in [0, 0.05) is 0 Å². The Bertz CT molecular complexity index is 564. The van der Waals surface area contributed by atoms with Crippen LogP contribution in [0.25, 0.3) is 12.2 Å². The Morgan fingerprint density at radius 3 is 2.83 bits per heavy atom. The number of nitrogens with one attached hydrogen (secondary N) is 1. The summed E-state index contributed by atoms with van der Waals surface area (Å²) in [6, 6.07) is 14.1. The van der Waals surface area contributed by atoms with Gasteiger partial charge in [-0.1, -0.05) is 36.4 Å². The van der Waals surface area contributed by atoms with Gasteiger partial charge in [0.2, 0.25) is 0 Å². The maximum absolute atomic E-state index is 5.49. The monoisotopic (exact) mass is 238 g/mol. The molecule has 3 rings (SSSR count). The summed E-state index contributed by atoms with van der Waals surface area (Å²) in [4.78, 5) is 4.51. The highest BCUT2D eigenvalue weighted by Crippen LogP contribution is 2.25. The van der Waals surface area contributed by atoms with E-state index in [1.54, 1.807) is 0 Å². The minimum Gasteiger partial charge on any atom is -0.488 e. The molecule has 0 amide bonds. The molecule has 0 saturated carbocycles. The third kappa shape index (κ3) is 2.35. The van der Waals surface area contributed by atoms with E-state index in [0.717, 1.165) is 23.8 Å². The van der Waals surface area contributed by atoms with Crippen LogP contribution in [0.3, 0.4) is 0 Å². The van der Waals surface area contributed by atoms with Crippen molar-refractivity contribution in [3.63, 3.8) is 0 Å². The Hall–Kier alpha value is -2.29. The lowest BCUT2D eigenvalue weighted by atomic mass is 10.2. The van der Waals surface area contributed by atoms with Gasteiger partial charge in [-0.15, -0.1) is 0 Å². The van der Waals surface area contributed by atoms with Gasteiger partial charge in [-0.3, -0.25) is 0 Å². The lowest BCUT2D eigenvalue weighted by Crippen LogP contribution is -2.19. The third-order valence-corrected chi connectivity index (χ3v) is 2.78. The zero-order valence-electron chi connectivity index (χ0n) is 9.97. The fourth-order valence-corrected chi connectivity index (χ4v) is 1.87. The van der Waals surface area contributed by atoms with Crippen molar-refractivity contribution in [2.24, 2.45) is 0 Å². The van der Waals surface area contributed by atoms with E-state index in [1.807, 2.05) is 36.4 Å². The molecule has 2 heterocycles. The van der Waals surface area contributed by atoms with E-state index in [1.165, 1.54) is 5.56 Å². The first-order valence-corrected chi connectivity index (χ1v) is 6.03. The molecule has 0 aliphatic carbocycles. The van der Waals surface area contributed by atoms with Gasteiger partial charge in [0.15, 0.2) is 11.6 Å². The van der Waals surface area contributed by atoms with Crippen LogP contribution in [0.1, 0.15) is 11.3 Å².